The van der Waals surface area contributed by atoms with Crippen molar-refractivity contribution in [2.45, 2.75) is 53.4 Å². The lowest BCUT2D eigenvalue weighted by Gasteiger charge is -2.03. The number of aryl methyl sites for hydroxylation is 2. The van der Waals surface area contributed by atoms with Gasteiger partial charge in [-0.05, 0) is 86.1 Å². The quantitative estimate of drug-likeness (QED) is 0.155. The molecule has 5 heterocycles. The summed E-state index contributed by atoms with van der Waals surface area (Å²) in [4.78, 5) is 10.9. The Morgan fingerprint density at radius 3 is 1.31 bits per heavy atom. The van der Waals surface area contributed by atoms with Crippen LogP contribution >= 0.6 is 57.1 Å². The first kappa shape index (κ1) is 27.0. The smallest absolute Gasteiger partial charge is 0.114 e. The standard InChI is InChI=1S/C32H32N2S5/c1-19(2)5-7-21-9-13-27(35-21)29-17-15-25(37-29)23-11-12-24(32-31(23)33-39-34-32)26-16-18-30(38-26)28-14-10-22(36-28)8-6-20(3)4/h9-20H,5-8H2,1-4H3. The summed E-state index contributed by atoms with van der Waals surface area (Å²) >= 11 is 8.89. The van der Waals surface area contributed by atoms with E-state index in [2.05, 4.69) is 88.4 Å². The number of nitrogens with zero attached hydrogens (tertiary/aromatic N) is 2. The summed E-state index contributed by atoms with van der Waals surface area (Å²) in [6, 6.07) is 22.7. The van der Waals surface area contributed by atoms with Crippen molar-refractivity contribution < 1.29 is 0 Å². The molecule has 200 valence electrons. The predicted molar refractivity (Wildman–Crippen MR) is 177 cm³/mol. The lowest BCUT2D eigenvalue weighted by Crippen LogP contribution is -1.88. The molecule has 1 aromatic carbocycles. The van der Waals surface area contributed by atoms with E-state index in [0.717, 1.165) is 22.9 Å². The second-order valence-corrected chi connectivity index (χ2v) is 15.9. The highest BCUT2D eigenvalue weighted by Gasteiger charge is 2.17. The van der Waals surface area contributed by atoms with E-state index >= 15 is 0 Å². The summed E-state index contributed by atoms with van der Waals surface area (Å²) < 4.78 is 9.52. The molecule has 0 amide bonds. The number of hydrogen-bond donors (Lipinski definition) is 0. The van der Waals surface area contributed by atoms with Crippen LogP contribution < -0.4 is 0 Å². The molecule has 6 rings (SSSR count). The van der Waals surface area contributed by atoms with Crippen molar-refractivity contribution in [2.24, 2.45) is 11.8 Å². The molecule has 6 aromatic rings. The van der Waals surface area contributed by atoms with Crippen LogP contribution in [0.25, 0.3) is 51.4 Å². The Labute approximate surface area is 251 Å². The van der Waals surface area contributed by atoms with Crippen molar-refractivity contribution in [3.63, 3.8) is 0 Å². The minimum atomic E-state index is 0.741. The molecule has 0 aliphatic heterocycles. The van der Waals surface area contributed by atoms with Gasteiger partial charge in [-0.2, -0.15) is 8.75 Å². The van der Waals surface area contributed by atoms with E-state index in [1.807, 2.05) is 45.3 Å². The Kier molecular flexibility index (Phi) is 8.15. The maximum atomic E-state index is 4.76. The number of hydrogen-bond acceptors (Lipinski definition) is 7. The van der Waals surface area contributed by atoms with Crippen LogP contribution in [-0.4, -0.2) is 8.75 Å². The van der Waals surface area contributed by atoms with Gasteiger partial charge in [0.1, 0.15) is 11.0 Å². The molecule has 39 heavy (non-hydrogen) atoms. The average Bonchev–Trinajstić information content (AvgIpc) is 3.74. The predicted octanol–water partition coefficient (Wildman–Crippen LogP) is 11.8. The van der Waals surface area contributed by atoms with Crippen molar-refractivity contribution in [3.8, 4) is 40.4 Å². The van der Waals surface area contributed by atoms with Gasteiger partial charge in [0.15, 0.2) is 0 Å². The zero-order valence-corrected chi connectivity index (χ0v) is 26.8. The topological polar surface area (TPSA) is 25.8 Å². The fourth-order valence-corrected chi connectivity index (χ4v) is 9.51. The molecule has 0 radical (unpaired) electrons. The fraction of sp³-hybridized carbons (Fsp3) is 0.312. The molecule has 2 nitrogen and oxygen atoms in total. The summed E-state index contributed by atoms with van der Waals surface area (Å²) in [5.41, 5.74) is 4.38. The van der Waals surface area contributed by atoms with Crippen LogP contribution in [0.3, 0.4) is 0 Å². The van der Waals surface area contributed by atoms with Crippen molar-refractivity contribution >= 4 is 68.1 Å². The Balaban J connectivity index is 1.25. The average molecular weight is 605 g/mol. The number of benzene rings is 1. The molecular weight excluding hydrogens is 573 g/mol. The summed E-state index contributed by atoms with van der Waals surface area (Å²) in [5.74, 6) is 1.48. The Morgan fingerprint density at radius 2 is 0.872 bits per heavy atom. The van der Waals surface area contributed by atoms with Crippen LogP contribution in [0.2, 0.25) is 0 Å². The zero-order valence-electron chi connectivity index (χ0n) is 22.7. The van der Waals surface area contributed by atoms with E-state index < -0.39 is 0 Å². The van der Waals surface area contributed by atoms with Gasteiger partial charge in [-0.25, -0.2) is 0 Å². The fourth-order valence-electron chi connectivity index (χ4n) is 4.65. The largest absolute Gasteiger partial charge is 0.172 e. The van der Waals surface area contributed by atoms with Crippen molar-refractivity contribution in [2.75, 3.05) is 0 Å². The van der Waals surface area contributed by atoms with Gasteiger partial charge in [0.05, 0.1) is 11.7 Å². The molecule has 5 aromatic heterocycles. The molecule has 0 atom stereocenters. The highest BCUT2D eigenvalue weighted by Crippen LogP contribution is 2.44. The third-order valence-electron chi connectivity index (χ3n) is 6.90. The van der Waals surface area contributed by atoms with Crippen LogP contribution in [0.5, 0.6) is 0 Å². The molecule has 0 fully saturated rings. The summed E-state index contributed by atoms with van der Waals surface area (Å²) in [5, 5.41) is 0. The normalized spacial score (nSPS) is 11.9. The molecule has 7 heteroatoms. The van der Waals surface area contributed by atoms with Gasteiger partial charge in [0.2, 0.25) is 0 Å². The lowest BCUT2D eigenvalue weighted by atomic mass is 10.1. The van der Waals surface area contributed by atoms with Crippen LogP contribution in [0.1, 0.15) is 50.3 Å². The summed E-state index contributed by atoms with van der Waals surface area (Å²) in [6.45, 7) is 9.19. The van der Waals surface area contributed by atoms with Crippen molar-refractivity contribution in [3.05, 3.63) is 70.4 Å². The second-order valence-electron chi connectivity index (χ2n) is 10.8. The minimum absolute atomic E-state index is 0.741. The van der Waals surface area contributed by atoms with E-state index in [1.54, 1.807) is 0 Å². The highest BCUT2D eigenvalue weighted by atomic mass is 32.1. The van der Waals surface area contributed by atoms with Gasteiger partial charge in [0.25, 0.3) is 0 Å². The number of aromatic nitrogens is 2. The monoisotopic (exact) mass is 604 g/mol. The Morgan fingerprint density at radius 1 is 0.487 bits per heavy atom. The first-order valence-corrected chi connectivity index (χ1v) is 17.6. The number of fused-ring (bicyclic) bond motifs is 1. The number of rotatable bonds is 10. The van der Waals surface area contributed by atoms with E-state index in [0.29, 0.717) is 0 Å². The lowest BCUT2D eigenvalue weighted by molar-refractivity contribution is 0.590. The van der Waals surface area contributed by atoms with E-state index in [9.17, 15) is 0 Å². The Hall–Kier alpha value is -2.16. The maximum Gasteiger partial charge on any atom is 0.114 e. The molecular formula is C32H32N2S5. The first-order chi connectivity index (χ1) is 18.9. The molecule has 0 saturated carbocycles. The molecule has 0 aliphatic rings. The van der Waals surface area contributed by atoms with Gasteiger partial charge in [0, 0.05) is 50.1 Å². The molecule has 0 saturated heterocycles. The molecule has 0 N–H and O–H groups in total. The minimum Gasteiger partial charge on any atom is -0.172 e. The van der Waals surface area contributed by atoms with Crippen LogP contribution in [-0.2, 0) is 12.8 Å². The maximum absolute atomic E-state index is 4.76. The molecule has 0 unspecified atom stereocenters. The molecule has 0 spiro atoms. The second kappa shape index (κ2) is 11.8. The van der Waals surface area contributed by atoms with Gasteiger partial charge in [-0.1, -0.05) is 39.8 Å². The SMILES string of the molecule is CC(C)CCc1ccc(-c2ccc(-c3ccc(-c4ccc(-c5ccc(CCC(C)C)s5)s4)c4nsnc34)s2)s1. The third kappa shape index (κ3) is 5.98. The van der Waals surface area contributed by atoms with Gasteiger partial charge < -0.3 is 0 Å². The summed E-state index contributed by atoms with van der Waals surface area (Å²) in [6.07, 6.45) is 4.83. The zero-order chi connectivity index (χ0) is 26.9. The van der Waals surface area contributed by atoms with Gasteiger partial charge in [-0.15, -0.1) is 45.3 Å². The molecule has 0 bridgehead atoms. The van der Waals surface area contributed by atoms with Crippen LogP contribution in [0.4, 0.5) is 0 Å². The Bertz CT molecular complexity index is 1570. The van der Waals surface area contributed by atoms with Gasteiger partial charge >= 0.3 is 0 Å². The third-order valence-corrected chi connectivity index (χ3v) is 12.4. The van der Waals surface area contributed by atoms with E-state index in [4.69, 9.17) is 8.75 Å². The van der Waals surface area contributed by atoms with Crippen LogP contribution in [0.15, 0.2) is 60.7 Å². The van der Waals surface area contributed by atoms with Crippen molar-refractivity contribution in [1.29, 1.82) is 0 Å². The van der Waals surface area contributed by atoms with Crippen LogP contribution in [0, 0.1) is 11.8 Å². The van der Waals surface area contributed by atoms with Crippen molar-refractivity contribution in [1.82, 2.24) is 8.75 Å². The van der Waals surface area contributed by atoms with Gasteiger partial charge in [-0.3, -0.25) is 0 Å². The summed E-state index contributed by atoms with van der Waals surface area (Å²) in [7, 11) is 0. The van der Waals surface area contributed by atoms with E-state index in [1.165, 1.54) is 87.6 Å². The highest BCUT2D eigenvalue weighted by molar-refractivity contribution is 7.24. The number of thiophene rings is 4. The molecule has 0 aliphatic carbocycles. The first-order valence-electron chi connectivity index (χ1n) is 13.6. The van der Waals surface area contributed by atoms with E-state index in [-0.39, 0.29) is 0 Å².